The predicted molar refractivity (Wildman–Crippen MR) is 177 cm³/mol. The molecule has 39 heavy (non-hydrogen) atoms. The Kier molecular flexibility index (Phi) is 60.7. The quantitative estimate of drug-likeness (QED) is 0.330. The molecule has 2 N–H and O–H groups in total. The van der Waals surface area contributed by atoms with Gasteiger partial charge in [-0.15, -0.1) is 13.2 Å². The summed E-state index contributed by atoms with van der Waals surface area (Å²) in [4.78, 5) is 0. The summed E-state index contributed by atoms with van der Waals surface area (Å²) in [6.45, 7) is 26.3. The van der Waals surface area contributed by atoms with Crippen molar-refractivity contribution in [1.29, 1.82) is 0 Å². The highest BCUT2D eigenvalue weighted by molar-refractivity contribution is 7.90. The molecule has 0 bridgehead atoms. The molecule has 0 saturated heterocycles. The van der Waals surface area contributed by atoms with Crippen LogP contribution in [0.15, 0.2) is 48.9 Å². The molecule has 0 radical (unpaired) electrons. The van der Waals surface area contributed by atoms with Crippen molar-refractivity contribution < 1.29 is 33.6 Å². The Morgan fingerprint density at radius 1 is 0.744 bits per heavy atom. The second-order valence-corrected chi connectivity index (χ2v) is 14.5. The third kappa shape index (κ3) is 471. The van der Waals surface area contributed by atoms with E-state index in [2.05, 4.69) is 52.2 Å². The maximum atomic E-state index is 9.78. The lowest BCUT2D eigenvalue weighted by Gasteiger charge is -1.87. The van der Waals surface area contributed by atoms with Gasteiger partial charge in [0.2, 0.25) is 0 Å². The summed E-state index contributed by atoms with van der Waals surface area (Å²) < 4.78 is 66.2. The molecular weight excluding hydrogens is 585 g/mol. The highest BCUT2D eigenvalue weighted by Crippen LogP contribution is 1.88. The maximum Gasteiger partial charge on any atom is 0.264 e. The summed E-state index contributed by atoms with van der Waals surface area (Å²) >= 11 is -1.07. The Balaban J connectivity index is -0.0000000471. The van der Waals surface area contributed by atoms with Crippen molar-refractivity contribution in [2.45, 2.75) is 48.0 Å². The van der Waals surface area contributed by atoms with E-state index in [1.54, 1.807) is 12.5 Å². The molecule has 10 nitrogen and oxygen atoms in total. The van der Waals surface area contributed by atoms with E-state index in [0.717, 1.165) is 43.7 Å². The maximum absolute atomic E-state index is 9.78. The molecule has 1 unspecified atom stereocenters. The van der Waals surface area contributed by atoms with Gasteiger partial charge >= 0.3 is 0 Å². The van der Waals surface area contributed by atoms with Crippen molar-refractivity contribution in [3.05, 3.63) is 48.9 Å². The monoisotopic (exact) mass is 644 g/mol. The van der Waals surface area contributed by atoms with Gasteiger partial charge in [0.25, 0.3) is 10.1 Å². The molecule has 0 fully saturated rings. The summed E-state index contributed by atoms with van der Waals surface area (Å²) in [7, 11) is -0.221. The van der Waals surface area contributed by atoms with Gasteiger partial charge < -0.3 is 10.6 Å². The SMILES string of the molecule is C=C(C)C.C=C(C)CC.C=C(C)NC.C=C(C)NC.COS(C)(=O)=O.COS(C)=O.CS(C)(=O)=O.CS(C)=O. The van der Waals surface area contributed by atoms with E-state index in [0.29, 0.717) is 0 Å². The third-order valence-corrected chi connectivity index (χ3v) is 3.07. The first-order chi connectivity index (χ1) is 17.1. The molecule has 0 aliphatic heterocycles. The van der Waals surface area contributed by atoms with Crippen molar-refractivity contribution in [3.8, 4) is 0 Å². The van der Waals surface area contributed by atoms with Gasteiger partial charge in [-0.05, 0) is 52.4 Å². The van der Waals surface area contributed by atoms with Crippen molar-refractivity contribution in [3.63, 3.8) is 0 Å². The number of nitrogens with one attached hydrogen (secondary N) is 2. The number of rotatable bonds is 5. The first kappa shape index (κ1) is 57.5. The minimum atomic E-state index is -3.16. The van der Waals surface area contributed by atoms with Crippen LogP contribution >= 0.6 is 0 Å². The number of sulfone groups is 1. The average Bonchev–Trinajstić information content (AvgIpc) is 2.72. The lowest BCUT2D eigenvalue weighted by molar-refractivity contribution is 0.403. The fourth-order valence-corrected chi connectivity index (χ4v) is 0. The number of hydrogen-bond acceptors (Lipinski definition) is 10. The molecule has 0 amide bonds. The molecule has 14 heteroatoms. The molecule has 0 aromatic carbocycles. The summed E-state index contributed by atoms with van der Waals surface area (Å²) in [5.41, 5.74) is 4.43. The Hall–Kier alpha value is -1.32. The molecular formula is C25H60N2O8S4. The van der Waals surface area contributed by atoms with Crippen LogP contribution in [0.4, 0.5) is 0 Å². The Bertz CT molecular complexity index is 769. The van der Waals surface area contributed by atoms with E-state index in [1.807, 2.05) is 48.7 Å². The lowest BCUT2D eigenvalue weighted by atomic mass is 10.3. The number of hydrogen-bond donors (Lipinski definition) is 2. The van der Waals surface area contributed by atoms with Crippen LogP contribution in [0.2, 0.25) is 0 Å². The zero-order valence-electron chi connectivity index (χ0n) is 27.4. The second-order valence-electron chi connectivity index (χ2n) is 7.90. The molecule has 0 heterocycles. The molecule has 0 aromatic heterocycles. The first-order valence-corrected chi connectivity index (χ1v) is 18.6. The first-order valence-electron chi connectivity index (χ1n) is 11.1. The summed E-state index contributed by atoms with van der Waals surface area (Å²) in [5.74, 6) is 0. The summed E-state index contributed by atoms with van der Waals surface area (Å²) in [5, 5.41) is 5.67. The summed E-state index contributed by atoms with van der Waals surface area (Å²) in [6, 6.07) is 0. The van der Waals surface area contributed by atoms with Crippen LogP contribution in [0.5, 0.6) is 0 Å². The van der Waals surface area contributed by atoms with Gasteiger partial charge in [-0.2, -0.15) is 8.42 Å². The molecule has 1 atom stereocenters. The van der Waals surface area contributed by atoms with Crippen LogP contribution in [0.1, 0.15) is 48.0 Å². The van der Waals surface area contributed by atoms with E-state index in [4.69, 9.17) is 0 Å². The van der Waals surface area contributed by atoms with E-state index in [-0.39, 0.29) is 0 Å². The largest absolute Gasteiger partial charge is 0.392 e. The Morgan fingerprint density at radius 3 is 0.846 bits per heavy atom. The van der Waals surface area contributed by atoms with Gasteiger partial charge in [-0.1, -0.05) is 31.2 Å². The standard InChI is InChI=1S/C5H10.2C4H9N.C4H8.C2H6O3S.2C2H6O2S.C2H6OS/c1-4-5(2)3;2*1-4(2)5-3;1-4(2)3;1-5-6(2,3)4;1-5(2,3)4;1-4-5(2)3;1-4(2)3/h2,4H2,1,3H3;2*5H,1H2,2-3H3;1H2,2-3H3;1-2H3;2*1-2H3;1-2H3. The summed E-state index contributed by atoms with van der Waals surface area (Å²) in [6.07, 6.45) is 9.17. The van der Waals surface area contributed by atoms with Crippen LogP contribution in [0.3, 0.4) is 0 Å². The Labute approximate surface area is 248 Å². The van der Waals surface area contributed by atoms with Gasteiger partial charge in [-0.3, -0.25) is 12.6 Å². The lowest BCUT2D eigenvalue weighted by Crippen LogP contribution is -1.98. The normalized spacial score (nSPS) is 9.46. The smallest absolute Gasteiger partial charge is 0.264 e. The van der Waals surface area contributed by atoms with E-state index < -0.39 is 41.8 Å². The molecule has 0 aliphatic carbocycles. The molecule has 0 rings (SSSR count). The molecule has 0 saturated carbocycles. The Morgan fingerprint density at radius 2 is 0.846 bits per heavy atom. The topological polar surface area (TPSA) is 145 Å². The predicted octanol–water partition coefficient (Wildman–Crippen LogP) is 4.21. The van der Waals surface area contributed by atoms with E-state index in [9.17, 15) is 25.3 Å². The fraction of sp³-hybridized carbons (Fsp3) is 0.680. The van der Waals surface area contributed by atoms with Gasteiger partial charge in [0.15, 0.2) is 11.1 Å². The molecule has 242 valence electrons. The zero-order valence-corrected chi connectivity index (χ0v) is 30.7. The van der Waals surface area contributed by atoms with Crippen LogP contribution in [0, 0.1) is 0 Å². The third-order valence-electron chi connectivity index (χ3n) is 1.99. The van der Waals surface area contributed by atoms with Crippen LogP contribution in [-0.2, 0) is 50.2 Å². The van der Waals surface area contributed by atoms with Crippen LogP contribution in [0.25, 0.3) is 0 Å². The highest BCUT2D eigenvalue weighted by atomic mass is 32.2. The van der Waals surface area contributed by atoms with E-state index >= 15 is 0 Å². The second kappa shape index (κ2) is 41.2. The zero-order chi connectivity index (χ0) is 34.0. The highest BCUT2D eigenvalue weighted by Gasteiger charge is 1.90. The van der Waals surface area contributed by atoms with Crippen LogP contribution < -0.4 is 10.6 Å². The van der Waals surface area contributed by atoms with Crippen LogP contribution in [-0.4, -0.2) is 91.1 Å². The minimum Gasteiger partial charge on any atom is -0.392 e. The van der Waals surface area contributed by atoms with Crippen molar-refractivity contribution in [2.75, 3.05) is 65.8 Å². The molecule has 0 aromatic rings. The molecule has 0 spiro atoms. The van der Waals surface area contributed by atoms with Crippen molar-refractivity contribution in [1.82, 2.24) is 10.6 Å². The van der Waals surface area contributed by atoms with Gasteiger partial charge in [0.05, 0.1) is 20.5 Å². The van der Waals surface area contributed by atoms with Gasteiger partial charge in [-0.25, -0.2) is 12.6 Å². The fourth-order valence-electron chi connectivity index (χ4n) is 0. The van der Waals surface area contributed by atoms with E-state index in [1.165, 1.54) is 24.5 Å². The minimum absolute atomic E-state index is 0.611. The average molecular weight is 645 g/mol. The molecule has 0 aliphatic rings. The van der Waals surface area contributed by atoms with Gasteiger partial charge in [0, 0.05) is 56.2 Å². The van der Waals surface area contributed by atoms with Crippen molar-refractivity contribution in [2.24, 2.45) is 0 Å². The van der Waals surface area contributed by atoms with Crippen molar-refractivity contribution >= 4 is 41.8 Å². The van der Waals surface area contributed by atoms with Gasteiger partial charge in [0.1, 0.15) is 9.84 Å². The number of allylic oxidation sites excluding steroid dienone is 4.